The lowest BCUT2D eigenvalue weighted by molar-refractivity contribution is 0.0698. The van der Waals surface area contributed by atoms with Gasteiger partial charge >= 0.3 is 5.97 Å². The molecule has 0 aliphatic rings. The Balaban J connectivity index is 2.75. The Kier molecular flexibility index (Phi) is 4.55. The topological polar surface area (TPSA) is 46.5 Å². The first-order valence-electron chi connectivity index (χ1n) is 4.73. The van der Waals surface area contributed by atoms with Crippen molar-refractivity contribution in [3.05, 3.63) is 15.8 Å². The number of halogens is 1. The van der Waals surface area contributed by atoms with Crippen molar-refractivity contribution in [1.82, 2.24) is 0 Å². The van der Waals surface area contributed by atoms with Crippen LogP contribution >= 0.6 is 11.3 Å². The zero-order valence-corrected chi connectivity index (χ0v) is 9.27. The summed E-state index contributed by atoms with van der Waals surface area (Å²) in [5.74, 6) is -0.632. The minimum absolute atomic E-state index is 0.200. The highest BCUT2D eigenvalue weighted by Gasteiger charge is 2.15. The molecular formula is C10H13FO3S. The van der Waals surface area contributed by atoms with Gasteiger partial charge in [0, 0.05) is 11.3 Å². The summed E-state index contributed by atoms with van der Waals surface area (Å²) in [4.78, 5) is 12.0. The maximum absolute atomic E-state index is 11.8. The summed E-state index contributed by atoms with van der Waals surface area (Å²) in [5, 5.41) is 8.89. The van der Waals surface area contributed by atoms with Crippen molar-refractivity contribution < 1.29 is 19.0 Å². The molecule has 0 aromatic carbocycles. The van der Waals surface area contributed by atoms with E-state index in [4.69, 9.17) is 9.84 Å². The summed E-state index contributed by atoms with van der Waals surface area (Å²) in [5.41, 5.74) is 0. The molecule has 1 heterocycles. The van der Waals surface area contributed by atoms with Crippen molar-refractivity contribution in [3.8, 4) is 5.75 Å². The largest absolute Gasteiger partial charge is 0.492 e. The molecule has 0 fully saturated rings. The van der Waals surface area contributed by atoms with Crippen LogP contribution in [0.4, 0.5) is 4.39 Å². The number of hydrogen-bond donors (Lipinski definition) is 1. The van der Waals surface area contributed by atoms with Gasteiger partial charge in [0.1, 0.15) is 5.75 Å². The molecule has 0 radical (unpaired) electrons. The van der Waals surface area contributed by atoms with Crippen LogP contribution in [-0.4, -0.2) is 24.4 Å². The molecule has 0 aliphatic heterocycles. The molecule has 0 bridgehead atoms. The molecular weight excluding hydrogens is 219 g/mol. The smallest absolute Gasteiger partial charge is 0.349 e. The van der Waals surface area contributed by atoms with Gasteiger partial charge in [-0.25, -0.2) is 4.79 Å². The predicted octanol–water partition coefficient (Wildman–Crippen LogP) is 2.75. The first-order chi connectivity index (χ1) is 7.19. The third kappa shape index (κ3) is 3.20. The van der Waals surface area contributed by atoms with Gasteiger partial charge in [-0.2, -0.15) is 0 Å². The quantitative estimate of drug-likeness (QED) is 0.767. The Labute approximate surface area is 91.5 Å². The molecule has 0 atom stereocenters. The summed E-state index contributed by atoms with van der Waals surface area (Å²) >= 11 is 1.21. The van der Waals surface area contributed by atoms with Gasteiger partial charge in [-0.15, -0.1) is 11.3 Å². The normalized spacial score (nSPS) is 10.3. The minimum Gasteiger partial charge on any atom is -0.492 e. The summed E-state index contributed by atoms with van der Waals surface area (Å²) in [6, 6.07) is 1.71. The fourth-order valence-electron chi connectivity index (χ4n) is 1.09. The fraction of sp³-hybridized carbons (Fsp3) is 0.500. The van der Waals surface area contributed by atoms with Crippen LogP contribution in [0.5, 0.6) is 5.75 Å². The van der Waals surface area contributed by atoms with Crippen molar-refractivity contribution in [2.45, 2.75) is 19.8 Å². The van der Waals surface area contributed by atoms with E-state index in [9.17, 15) is 9.18 Å². The Morgan fingerprint density at radius 1 is 1.67 bits per heavy atom. The maximum Gasteiger partial charge on any atom is 0.349 e. The average Bonchev–Trinajstić information content (AvgIpc) is 2.62. The number of ether oxygens (including phenoxy) is 1. The van der Waals surface area contributed by atoms with Crippen LogP contribution in [0.25, 0.3) is 0 Å². The average molecular weight is 232 g/mol. The van der Waals surface area contributed by atoms with E-state index in [1.54, 1.807) is 6.07 Å². The Morgan fingerprint density at radius 2 is 2.40 bits per heavy atom. The Bertz CT molecular complexity index is 335. The summed E-state index contributed by atoms with van der Waals surface area (Å²) < 4.78 is 17.0. The molecule has 84 valence electrons. The first kappa shape index (κ1) is 12.0. The maximum atomic E-state index is 11.8. The lowest BCUT2D eigenvalue weighted by Gasteiger charge is -2.02. The van der Waals surface area contributed by atoms with Crippen LogP contribution in [0.15, 0.2) is 6.07 Å². The molecule has 1 N–H and O–H groups in total. The number of rotatable bonds is 6. The third-order valence-electron chi connectivity index (χ3n) is 1.83. The summed E-state index contributed by atoms with van der Waals surface area (Å²) in [6.07, 6.45) is 1.06. The molecule has 0 spiro atoms. The van der Waals surface area contributed by atoms with E-state index >= 15 is 0 Å². The highest BCUT2D eigenvalue weighted by atomic mass is 32.1. The molecule has 1 aromatic rings. The SMILES string of the molecule is CCc1cc(OCCCF)c(C(=O)O)s1. The standard InChI is InChI=1S/C10H13FO3S/c1-2-7-6-8(14-5-3-4-11)9(15-7)10(12)13/h6H,2-5H2,1H3,(H,12,13). The number of carboxylic acid groups (broad SMARTS) is 1. The van der Waals surface area contributed by atoms with Crippen LogP contribution in [0, 0.1) is 0 Å². The lowest BCUT2D eigenvalue weighted by atomic mass is 10.3. The predicted molar refractivity (Wildman–Crippen MR) is 56.7 cm³/mol. The molecule has 0 saturated heterocycles. The molecule has 1 rings (SSSR count). The Morgan fingerprint density at radius 3 is 2.93 bits per heavy atom. The number of thiophene rings is 1. The van der Waals surface area contributed by atoms with Crippen LogP contribution in [0.1, 0.15) is 27.9 Å². The van der Waals surface area contributed by atoms with Gasteiger partial charge in [0.25, 0.3) is 0 Å². The van der Waals surface area contributed by atoms with E-state index in [-0.39, 0.29) is 17.9 Å². The zero-order valence-electron chi connectivity index (χ0n) is 8.46. The van der Waals surface area contributed by atoms with E-state index in [0.29, 0.717) is 5.75 Å². The second-order valence-electron chi connectivity index (χ2n) is 2.96. The summed E-state index contributed by atoms with van der Waals surface area (Å²) in [7, 11) is 0. The molecule has 3 nitrogen and oxygen atoms in total. The highest BCUT2D eigenvalue weighted by Crippen LogP contribution is 2.29. The van der Waals surface area contributed by atoms with Gasteiger partial charge in [-0.3, -0.25) is 4.39 Å². The number of alkyl halides is 1. The third-order valence-corrected chi connectivity index (χ3v) is 3.08. The van der Waals surface area contributed by atoms with E-state index in [0.717, 1.165) is 11.3 Å². The minimum atomic E-state index is -0.991. The van der Waals surface area contributed by atoms with E-state index in [1.165, 1.54) is 11.3 Å². The number of aromatic carboxylic acids is 1. The first-order valence-corrected chi connectivity index (χ1v) is 5.55. The number of aryl methyl sites for hydroxylation is 1. The molecule has 5 heteroatoms. The van der Waals surface area contributed by atoms with E-state index < -0.39 is 12.6 Å². The van der Waals surface area contributed by atoms with Crippen molar-refractivity contribution in [2.24, 2.45) is 0 Å². The molecule has 0 aliphatic carbocycles. The number of hydrogen-bond acceptors (Lipinski definition) is 3. The van der Waals surface area contributed by atoms with E-state index in [2.05, 4.69) is 0 Å². The molecule has 1 aromatic heterocycles. The van der Waals surface area contributed by atoms with Gasteiger partial charge in [-0.05, 0) is 12.5 Å². The van der Waals surface area contributed by atoms with Crippen LogP contribution in [0.3, 0.4) is 0 Å². The zero-order chi connectivity index (χ0) is 11.3. The molecule has 0 unspecified atom stereocenters. The molecule has 0 saturated carbocycles. The second kappa shape index (κ2) is 5.70. The second-order valence-corrected chi connectivity index (χ2v) is 4.09. The number of carboxylic acids is 1. The van der Waals surface area contributed by atoms with Gasteiger partial charge in [0.05, 0.1) is 13.3 Å². The monoisotopic (exact) mass is 232 g/mol. The molecule has 0 amide bonds. The van der Waals surface area contributed by atoms with Gasteiger partial charge in [0.15, 0.2) is 4.88 Å². The van der Waals surface area contributed by atoms with Crippen molar-refractivity contribution in [1.29, 1.82) is 0 Å². The highest BCUT2D eigenvalue weighted by molar-refractivity contribution is 7.14. The lowest BCUT2D eigenvalue weighted by Crippen LogP contribution is -2.01. The number of carbonyl (C=O) groups is 1. The van der Waals surface area contributed by atoms with E-state index in [1.807, 2.05) is 6.92 Å². The van der Waals surface area contributed by atoms with Crippen LogP contribution in [0.2, 0.25) is 0 Å². The summed E-state index contributed by atoms with van der Waals surface area (Å²) in [6.45, 7) is 1.71. The van der Waals surface area contributed by atoms with Gasteiger partial charge < -0.3 is 9.84 Å². The van der Waals surface area contributed by atoms with Crippen LogP contribution in [-0.2, 0) is 6.42 Å². The van der Waals surface area contributed by atoms with Crippen molar-refractivity contribution in [2.75, 3.05) is 13.3 Å². The van der Waals surface area contributed by atoms with Crippen molar-refractivity contribution in [3.63, 3.8) is 0 Å². The van der Waals surface area contributed by atoms with Crippen molar-refractivity contribution >= 4 is 17.3 Å². The van der Waals surface area contributed by atoms with Gasteiger partial charge in [0.2, 0.25) is 0 Å². The fourth-order valence-corrected chi connectivity index (χ4v) is 1.97. The van der Waals surface area contributed by atoms with Crippen LogP contribution < -0.4 is 4.74 Å². The molecule has 15 heavy (non-hydrogen) atoms. The van der Waals surface area contributed by atoms with Gasteiger partial charge in [-0.1, -0.05) is 6.92 Å². The Hall–Kier alpha value is -1.10.